The monoisotopic (exact) mass is 392 g/mol. The number of ether oxygens (including phenoxy) is 1. The molecule has 1 aromatic heterocycles. The van der Waals surface area contributed by atoms with Gasteiger partial charge in [-0.1, -0.05) is 30.3 Å². The predicted octanol–water partition coefficient (Wildman–Crippen LogP) is 1.62. The minimum atomic E-state index is -3.93. The maximum atomic E-state index is 12.6. The first-order chi connectivity index (χ1) is 12.8. The highest BCUT2D eigenvalue weighted by Gasteiger charge is 2.22. The second kappa shape index (κ2) is 9.24. The Balaban J connectivity index is 2.17. The molecule has 27 heavy (non-hydrogen) atoms. The van der Waals surface area contributed by atoms with E-state index in [2.05, 4.69) is 14.4 Å². The van der Waals surface area contributed by atoms with Gasteiger partial charge in [0.1, 0.15) is 10.6 Å². The summed E-state index contributed by atoms with van der Waals surface area (Å²) in [7, 11) is -2.73. The third-order valence-corrected chi connectivity index (χ3v) is 5.30. The first kappa shape index (κ1) is 20.5. The molecule has 1 heterocycles. The number of benzene rings is 1. The molecule has 0 amide bonds. The Hall–Kier alpha value is -2.78. The molecule has 0 saturated heterocycles. The lowest BCUT2D eigenvalue weighted by Gasteiger charge is -2.18. The van der Waals surface area contributed by atoms with Crippen LogP contribution in [-0.4, -0.2) is 43.6 Å². The number of aromatic nitrogens is 1. The van der Waals surface area contributed by atoms with Gasteiger partial charge in [-0.15, -0.1) is 0 Å². The van der Waals surface area contributed by atoms with Crippen LogP contribution in [0.3, 0.4) is 0 Å². The molecule has 2 rings (SSSR count). The van der Waals surface area contributed by atoms with Gasteiger partial charge in [-0.05, 0) is 30.5 Å². The van der Waals surface area contributed by atoms with Gasteiger partial charge in [-0.25, -0.2) is 22.9 Å². The van der Waals surface area contributed by atoms with Crippen molar-refractivity contribution >= 4 is 22.0 Å². The van der Waals surface area contributed by atoms with Gasteiger partial charge in [0.25, 0.3) is 0 Å². The zero-order chi connectivity index (χ0) is 19.9. The van der Waals surface area contributed by atoms with Crippen LogP contribution >= 0.6 is 0 Å². The van der Waals surface area contributed by atoms with Crippen molar-refractivity contribution < 1.29 is 27.9 Å². The lowest BCUT2D eigenvalue weighted by Crippen LogP contribution is -2.37. The first-order valence-electron chi connectivity index (χ1n) is 8.14. The Bertz CT molecular complexity index is 882. The predicted molar refractivity (Wildman–Crippen MR) is 96.7 cm³/mol. The van der Waals surface area contributed by atoms with E-state index in [9.17, 15) is 18.0 Å². The molecule has 2 N–H and O–H groups in total. The number of rotatable bonds is 9. The third kappa shape index (κ3) is 6.15. The van der Waals surface area contributed by atoms with Crippen LogP contribution in [0.25, 0.3) is 0 Å². The second-order valence-electron chi connectivity index (χ2n) is 5.81. The lowest BCUT2D eigenvalue weighted by atomic mass is 10.0. The molecule has 1 aromatic carbocycles. The van der Waals surface area contributed by atoms with Crippen molar-refractivity contribution in [2.45, 2.75) is 30.2 Å². The molecule has 0 fully saturated rings. The van der Waals surface area contributed by atoms with Crippen molar-refractivity contribution in [1.29, 1.82) is 0 Å². The fraction of sp³-hybridized carbons (Fsp3) is 0.278. The molecule has 1 unspecified atom stereocenters. The Morgan fingerprint density at radius 1 is 1.19 bits per heavy atom. The maximum absolute atomic E-state index is 12.6. The molecule has 1 atom stereocenters. The molecular formula is C18H20N2O6S. The van der Waals surface area contributed by atoms with E-state index < -0.39 is 28.0 Å². The summed E-state index contributed by atoms with van der Waals surface area (Å²) in [4.78, 5) is 26.0. The summed E-state index contributed by atoms with van der Waals surface area (Å²) in [5.41, 5.74) is 0.873. The second-order valence-corrected chi connectivity index (χ2v) is 7.53. The van der Waals surface area contributed by atoms with Crippen LogP contribution in [-0.2, 0) is 26.0 Å². The summed E-state index contributed by atoms with van der Waals surface area (Å²) in [5.74, 6) is -1.67. The number of nitrogens with zero attached hydrogens (tertiary/aromatic N) is 1. The van der Waals surface area contributed by atoms with Gasteiger partial charge in [0.05, 0.1) is 7.11 Å². The number of hydrogen-bond donors (Lipinski definition) is 2. The quantitative estimate of drug-likeness (QED) is 0.622. The number of pyridine rings is 1. The highest BCUT2D eigenvalue weighted by Crippen LogP contribution is 2.14. The van der Waals surface area contributed by atoms with Crippen molar-refractivity contribution in [3.05, 3.63) is 59.9 Å². The Morgan fingerprint density at radius 2 is 1.89 bits per heavy atom. The molecule has 0 saturated carbocycles. The molecule has 2 aromatic rings. The molecular weight excluding hydrogens is 372 g/mol. The van der Waals surface area contributed by atoms with E-state index in [1.165, 1.54) is 19.2 Å². The SMILES string of the molecule is COC(=O)c1ccc(S(=O)(=O)NC(CCC(=O)O)Cc2ccccc2)cn1. The van der Waals surface area contributed by atoms with E-state index in [0.29, 0.717) is 6.42 Å². The van der Waals surface area contributed by atoms with Crippen LogP contribution in [0.4, 0.5) is 0 Å². The normalized spacial score (nSPS) is 12.3. The topological polar surface area (TPSA) is 123 Å². The average Bonchev–Trinajstić information content (AvgIpc) is 2.66. The largest absolute Gasteiger partial charge is 0.481 e. The maximum Gasteiger partial charge on any atom is 0.356 e. The molecule has 8 nitrogen and oxygen atoms in total. The minimum Gasteiger partial charge on any atom is -0.481 e. The number of carbonyl (C=O) groups excluding carboxylic acids is 1. The number of sulfonamides is 1. The zero-order valence-electron chi connectivity index (χ0n) is 14.7. The van der Waals surface area contributed by atoms with E-state index in [1.54, 1.807) is 0 Å². The molecule has 0 radical (unpaired) electrons. The third-order valence-electron chi connectivity index (χ3n) is 3.79. The minimum absolute atomic E-state index is 0.0110. The standard InChI is InChI=1S/C18H20N2O6S/c1-26-18(23)16-9-8-15(12-19-16)27(24,25)20-14(7-10-17(21)22)11-13-5-3-2-4-6-13/h2-6,8-9,12,14,20H,7,10-11H2,1H3,(H,21,22). The number of aliphatic carboxylic acids is 1. The Morgan fingerprint density at radius 3 is 2.44 bits per heavy atom. The van der Waals surface area contributed by atoms with Crippen molar-refractivity contribution in [3.63, 3.8) is 0 Å². The van der Waals surface area contributed by atoms with E-state index in [1.807, 2.05) is 30.3 Å². The molecule has 9 heteroatoms. The van der Waals surface area contributed by atoms with Crippen LogP contribution in [0.1, 0.15) is 28.9 Å². The molecule has 144 valence electrons. The van der Waals surface area contributed by atoms with Gasteiger partial charge in [-0.3, -0.25) is 4.79 Å². The first-order valence-corrected chi connectivity index (χ1v) is 9.62. The number of carbonyl (C=O) groups is 2. The fourth-order valence-electron chi connectivity index (χ4n) is 2.45. The summed E-state index contributed by atoms with van der Waals surface area (Å²) in [6.07, 6.45) is 1.38. The number of esters is 1. The van der Waals surface area contributed by atoms with Crippen LogP contribution < -0.4 is 4.72 Å². The van der Waals surface area contributed by atoms with Crippen LogP contribution in [0, 0.1) is 0 Å². The van der Waals surface area contributed by atoms with E-state index in [-0.39, 0.29) is 23.4 Å². The van der Waals surface area contributed by atoms with Gasteiger partial charge in [0, 0.05) is 18.7 Å². The summed E-state index contributed by atoms with van der Waals surface area (Å²) in [6, 6.07) is 11.1. The van der Waals surface area contributed by atoms with Crippen molar-refractivity contribution in [2.24, 2.45) is 0 Å². The lowest BCUT2D eigenvalue weighted by molar-refractivity contribution is -0.137. The van der Waals surface area contributed by atoms with E-state index >= 15 is 0 Å². The number of carboxylic acid groups (broad SMARTS) is 1. The van der Waals surface area contributed by atoms with Gasteiger partial charge < -0.3 is 9.84 Å². The zero-order valence-corrected chi connectivity index (χ0v) is 15.5. The number of hydrogen-bond acceptors (Lipinski definition) is 6. The highest BCUT2D eigenvalue weighted by atomic mass is 32.2. The van der Waals surface area contributed by atoms with Crippen molar-refractivity contribution in [1.82, 2.24) is 9.71 Å². The number of carboxylic acids is 1. The highest BCUT2D eigenvalue weighted by molar-refractivity contribution is 7.89. The Labute approximate surface area is 157 Å². The molecule has 0 spiro atoms. The van der Waals surface area contributed by atoms with Gasteiger partial charge in [-0.2, -0.15) is 0 Å². The van der Waals surface area contributed by atoms with Crippen molar-refractivity contribution in [2.75, 3.05) is 7.11 Å². The molecule has 0 aliphatic heterocycles. The van der Waals surface area contributed by atoms with E-state index in [0.717, 1.165) is 11.8 Å². The average molecular weight is 392 g/mol. The van der Waals surface area contributed by atoms with Crippen LogP contribution in [0.15, 0.2) is 53.6 Å². The van der Waals surface area contributed by atoms with E-state index in [4.69, 9.17) is 5.11 Å². The van der Waals surface area contributed by atoms with Gasteiger partial charge >= 0.3 is 11.9 Å². The van der Waals surface area contributed by atoms with Crippen LogP contribution in [0.5, 0.6) is 0 Å². The Kier molecular flexibility index (Phi) is 7.03. The fourth-order valence-corrected chi connectivity index (χ4v) is 3.67. The molecule has 0 bridgehead atoms. The smallest absolute Gasteiger partial charge is 0.356 e. The number of methoxy groups -OCH3 is 1. The van der Waals surface area contributed by atoms with Crippen molar-refractivity contribution in [3.8, 4) is 0 Å². The van der Waals surface area contributed by atoms with Crippen LogP contribution in [0.2, 0.25) is 0 Å². The summed E-state index contributed by atoms with van der Waals surface area (Å²) in [6.45, 7) is 0. The summed E-state index contributed by atoms with van der Waals surface area (Å²) >= 11 is 0. The number of nitrogens with one attached hydrogen (secondary N) is 1. The summed E-state index contributed by atoms with van der Waals surface area (Å²) in [5, 5.41) is 8.92. The van der Waals surface area contributed by atoms with Gasteiger partial charge in [0.2, 0.25) is 10.0 Å². The molecule has 0 aliphatic carbocycles. The van der Waals surface area contributed by atoms with Gasteiger partial charge in [0.15, 0.2) is 0 Å². The molecule has 0 aliphatic rings. The summed E-state index contributed by atoms with van der Waals surface area (Å²) < 4.78 is 32.3.